The predicted octanol–water partition coefficient (Wildman–Crippen LogP) is 4.19. The standard InChI is InChI=1S/C21H32N2O3S/c1-14(2)10-11-15(3)13-27(25,26)23-21(24)22-20-18-8-4-6-16(18)12-17-7-5-9-19(17)20/h12,14-15H,4-11,13H2,1-3H3,(H2,22,23,24). The number of amides is 2. The molecule has 1 unspecified atom stereocenters. The third kappa shape index (κ3) is 5.03. The Balaban J connectivity index is 1.66. The number of sulfonamides is 1. The van der Waals surface area contributed by atoms with Gasteiger partial charge in [0.2, 0.25) is 10.0 Å². The molecule has 2 N–H and O–H groups in total. The Morgan fingerprint density at radius 2 is 1.59 bits per heavy atom. The monoisotopic (exact) mass is 392 g/mol. The lowest BCUT2D eigenvalue weighted by Gasteiger charge is -2.17. The first-order chi connectivity index (χ1) is 12.7. The first kappa shape index (κ1) is 20.2. The summed E-state index contributed by atoms with van der Waals surface area (Å²) in [5.41, 5.74) is 5.91. The van der Waals surface area contributed by atoms with E-state index >= 15 is 0 Å². The van der Waals surface area contributed by atoms with Crippen LogP contribution in [0.4, 0.5) is 10.5 Å². The molecular formula is C21H32N2O3S. The highest BCUT2D eigenvalue weighted by atomic mass is 32.2. The molecule has 3 rings (SSSR count). The van der Waals surface area contributed by atoms with Gasteiger partial charge >= 0.3 is 6.03 Å². The van der Waals surface area contributed by atoms with Crippen molar-refractivity contribution in [2.24, 2.45) is 11.8 Å². The van der Waals surface area contributed by atoms with E-state index in [2.05, 4.69) is 30.0 Å². The van der Waals surface area contributed by atoms with E-state index in [-0.39, 0.29) is 11.7 Å². The van der Waals surface area contributed by atoms with Gasteiger partial charge in [-0.3, -0.25) is 0 Å². The average molecular weight is 393 g/mol. The molecule has 1 aromatic carbocycles. The van der Waals surface area contributed by atoms with Crippen molar-refractivity contribution < 1.29 is 13.2 Å². The second-order valence-corrected chi connectivity index (χ2v) is 10.4. The summed E-state index contributed by atoms with van der Waals surface area (Å²) >= 11 is 0. The van der Waals surface area contributed by atoms with Crippen LogP contribution >= 0.6 is 0 Å². The number of aryl methyl sites for hydroxylation is 2. The van der Waals surface area contributed by atoms with E-state index in [0.29, 0.717) is 5.92 Å². The molecule has 0 aliphatic heterocycles. The van der Waals surface area contributed by atoms with Crippen LogP contribution in [-0.4, -0.2) is 20.2 Å². The van der Waals surface area contributed by atoms with Crippen LogP contribution in [-0.2, 0) is 35.7 Å². The van der Waals surface area contributed by atoms with Crippen LogP contribution in [0.25, 0.3) is 0 Å². The van der Waals surface area contributed by atoms with Crippen molar-refractivity contribution in [2.75, 3.05) is 11.1 Å². The molecule has 2 aliphatic carbocycles. The van der Waals surface area contributed by atoms with Gasteiger partial charge in [0.25, 0.3) is 0 Å². The maximum atomic E-state index is 12.5. The smallest absolute Gasteiger partial charge is 0.307 e. The van der Waals surface area contributed by atoms with Crippen LogP contribution in [0.3, 0.4) is 0 Å². The number of carbonyl (C=O) groups excluding carboxylic acids is 1. The van der Waals surface area contributed by atoms with Crippen molar-refractivity contribution >= 4 is 21.7 Å². The second kappa shape index (κ2) is 8.21. The van der Waals surface area contributed by atoms with Gasteiger partial charge in [-0.25, -0.2) is 17.9 Å². The Hall–Kier alpha value is -1.56. The molecule has 0 saturated heterocycles. The molecule has 0 spiro atoms. The Kier molecular flexibility index (Phi) is 6.14. The number of urea groups is 1. The SMILES string of the molecule is CC(C)CCC(C)CS(=O)(=O)NC(=O)Nc1c2c(cc3c1CCC3)CCC2. The third-order valence-corrected chi connectivity index (χ3v) is 7.20. The van der Waals surface area contributed by atoms with Gasteiger partial charge in [-0.15, -0.1) is 0 Å². The number of hydrogen-bond acceptors (Lipinski definition) is 3. The van der Waals surface area contributed by atoms with Crippen LogP contribution < -0.4 is 10.0 Å². The number of hydrogen-bond donors (Lipinski definition) is 2. The zero-order valence-electron chi connectivity index (χ0n) is 16.7. The van der Waals surface area contributed by atoms with Gasteiger partial charge < -0.3 is 5.32 Å². The predicted molar refractivity (Wildman–Crippen MR) is 110 cm³/mol. The molecule has 2 amide bonds. The highest BCUT2D eigenvalue weighted by Crippen LogP contribution is 2.38. The zero-order valence-corrected chi connectivity index (χ0v) is 17.5. The molecule has 2 aliphatic rings. The second-order valence-electron chi connectivity index (χ2n) is 8.65. The minimum absolute atomic E-state index is 0.0157. The van der Waals surface area contributed by atoms with Crippen molar-refractivity contribution in [1.29, 1.82) is 0 Å². The van der Waals surface area contributed by atoms with Crippen LogP contribution in [0.15, 0.2) is 6.07 Å². The van der Waals surface area contributed by atoms with Crippen molar-refractivity contribution in [3.8, 4) is 0 Å². The molecule has 5 nitrogen and oxygen atoms in total. The zero-order chi connectivity index (χ0) is 19.6. The van der Waals surface area contributed by atoms with Crippen molar-refractivity contribution in [1.82, 2.24) is 4.72 Å². The van der Waals surface area contributed by atoms with E-state index in [1.165, 1.54) is 22.3 Å². The average Bonchev–Trinajstić information content (AvgIpc) is 3.20. The van der Waals surface area contributed by atoms with Crippen LogP contribution in [0.1, 0.15) is 68.7 Å². The molecule has 1 aromatic rings. The van der Waals surface area contributed by atoms with Crippen LogP contribution in [0, 0.1) is 11.8 Å². The Morgan fingerprint density at radius 3 is 2.15 bits per heavy atom. The fraction of sp³-hybridized carbons (Fsp3) is 0.667. The fourth-order valence-corrected chi connectivity index (χ4v) is 5.70. The van der Waals surface area contributed by atoms with E-state index in [1.807, 2.05) is 6.92 Å². The Morgan fingerprint density at radius 1 is 1.00 bits per heavy atom. The van der Waals surface area contributed by atoms with Gasteiger partial charge in [-0.2, -0.15) is 0 Å². The number of fused-ring (bicyclic) bond motifs is 2. The topological polar surface area (TPSA) is 75.3 Å². The number of benzene rings is 1. The van der Waals surface area contributed by atoms with Crippen LogP contribution in [0.2, 0.25) is 0 Å². The molecular weight excluding hydrogens is 360 g/mol. The summed E-state index contributed by atoms with van der Waals surface area (Å²) < 4.78 is 27.0. The summed E-state index contributed by atoms with van der Waals surface area (Å²) in [6.07, 6.45) is 8.04. The molecule has 6 heteroatoms. The number of anilines is 1. The Bertz CT molecular complexity index is 783. The van der Waals surface area contributed by atoms with Crippen molar-refractivity contribution in [3.63, 3.8) is 0 Å². The van der Waals surface area contributed by atoms with E-state index < -0.39 is 16.1 Å². The molecule has 0 heterocycles. The first-order valence-electron chi connectivity index (χ1n) is 10.2. The maximum absolute atomic E-state index is 12.5. The highest BCUT2D eigenvalue weighted by molar-refractivity contribution is 7.90. The highest BCUT2D eigenvalue weighted by Gasteiger charge is 2.26. The molecule has 150 valence electrons. The summed E-state index contributed by atoms with van der Waals surface area (Å²) in [6, 6.07) is 1.67. The van der Waals surface area contributed by atoms with Gasteiger partial charge in [0.15, 0.2) is 0 Å². The molecule has 0 aromatic heterocycles. The van der Waals surface area contributed by atoms with Gasteiger partial charge in [0.05, 0.1) is 5.75 Å². The van der Waals surface area contributed by atoms with Crippen molar-refractivity contribution in [2.45, 2.75) is 72.1 Å². The molecule has 1 atom stereocenters. The minimum atomic E-state index is -3.64. The summed E-state index contributed by atoms with van der Waals surface area (Å²) in [4.78, 5) is 12.5. The summed E-state index contributed by atoms with van der Waals surface area (Å²) in [5.74, 6) is 0.564. The third-order valence-electron chi connectivity index (χ3n) is 5.70. The normalized spacial score (nSPS) is 16.9. The summed E-state index contributed by atoms with van der Waals surface area (Å²) in [5, 5.41) is 2.89. The molecule has 0 bridgehead atoms. The number of rotatable bonds is 7. The van der Waals surface area contributed by atoms with Gasteiger partial charge in [-0.05, 0) is 79.0 Å². The van der Waals surface area contributed by atoms with Crippen LogP contribution in [0.5, 0.6) is 0 Å². The molecule has 27 heavy (non-hydrogen) atoms. The Labute approximate surface area is 163 Å². The van der Waals surface area contributed by atoms with E-state index in [0.717, 1.165) is 57.1 Å². The van der Waals surface area contributed by atoms with Gasteiger partial charge in [-0.1, -0.05) is 33.3 Å². The molecule has 0 fully saturated rings. The lowest BCUT2D eigenvalue weighted by molar-refractivity contribution is 0.256. The quantitative estimate of drug-likeness (QED) is 0.731. The number of nitrogens with one attached hydrogen (secondary N) is 2. The molecule has 0 radical (unpaired) electrons. The number of carbonyl (C=O) groups is 1. The summed E-state index contributed by atoms with van der Waals surface area (Å²) in [7, 11) is -3.64. The minimum Gasteiger partial charge on any atom is -0.307 e. The van der Waals surface area contributed by atoms with E-state index in [1.54, 1.807) is 0 Å². The largest absolute Gasteiger partial charge is 0.332 e. The summed E-state index contributed by atoms with van der Waals surface area (Å²) in [6.45, 7) is 6.18. The lowest BCUT2D eigenvalue weighted by Crippen LogP contribution is -2.37. The first-order valence-corrected chi connectivity index (χ1v) is 11.9. The van der Waals surface area contributed by atoms with Gasteiger partial charge in [0.1, 0.15) is 0 Å². The molecule has 0 saturated carbocycles. The van der Waals surface area contributed by atoms with E-state index in [9.17, 15) is 13.2 Å². The lowest BCUT2D eigenvalue weighted by atomic mass is 9.99. The van der Waals surface area contributed by atoms with Crippen molar-refractivity contribution in [3.05, 3.63) is 28.3 Å². The fourth-order valence-electron chi connectivity index (χ4n) is 4.36. The van der Waals surface area contributed by atoms with E-state index in [4.69, 9.17) is 0 Å². The maximum Gasteiger partial charge on any atom is 0.332 e. The van der Waals surface area contributed by atoms with Gasteiger partial charge in [0, 0.05) is 5.69 Å².